The van der Waals surface area contributed by atoms with E-state index in [2.05, 4.69) is 10.2 Å². The van der Waals surface area contributed by atoms with Crippen molar-refractivity contribution < 1.29 is 4.79 Å². The van der Waals surface area contributed by atoms with Crippen LogP contribution in [0.5, 0.6) is 0 Å². The largest absolute Gasteiger partial charge is 0.337 e. The van der Waals surface area contributed by atoms with Gasteiger partial charge in [-0.3, -0.25) is 4.79 Å². The molecule has 106 valence electrons. The second-order valence-corrected chi connectivity index (χ2v) is 5.21. The van der Waals surface area contributed by atoms with Crippen molar-refractivity contribution in [3.8, 4) is 0 Å². The van der Waals surface area contributed by atoms with E-state index in [9.17, 15) is 4.79 Å². The number of hydrogen-bond donors (Lipinski definition) is 0. The van der Waals surface area contributed by atoms with Crippen molar-refractivity contribution in [2.24, 2.45) is 0 Å². The average molecular weight is 305 g/mol. The second-order valence-electron chi connectivity index (χ2n) is 4.47. The highest BCUT2D eigenvalue weighted by molar-refractivity contribution is 6.34. The van der Waals surface area contributed by atoms with E-state index in [0.717, 1.165) is 13.0 Å². The molecule has 0 saturated heterocycles. The summed E-state index contributed by atoms with van der Waals surface area (Å²) in [5, 5.41) is 7.52. The number of halogens is 2. The first-order chi connectivity index (χ1) is 8.95. The zero-order valence-electron chi connectivity index (χ0n) is 11.4. The number of aromatic nitrogens is 2. The molecule has 19 heavy (non-hydrogen) atoms. The average Bonchev–Trinajstić information content (AvgIpc) is 2.36. The summed E-state index contributed by atoms with van der Waals surface area (Å²) in [6.45, 7) is 4.11. The zero-order valence-corrected chi connectivity index (χ0v) is 12.9. The standard InChI is InChI=1S/C12H18Cl2N4O/c1-4-5-18(7-6-17(2)3)12(19)9-8-10(13)15-16-11(9)14/h8H,4-7H2,1-3H3. The molecule has 0 aliphatic carbocycles. The van der Waals surface area contributed by atoms with Crippen LogP contribution < -0.4 is 0 Å². The van der Waals surface area contributed by atoms with E-state index in [0.29, 0.717) is 18.7 Å². The monoisotopic (exact) mass is 304 g/mol. The van der Waals surface area contributed by atoms with Crippen LogP contribution in [0.25, 0.3) is 0 Å². The molecule has 0 unspecified atom stereocenters. The van der Waals surface area contributed by atoms with Crippen molar-refractivity contribution in [1.29, 1.82) is 0 Å². The smallest absolute Gasteiger partial charge is 0.257 e. The first-order valence-electron chi connectivity index (χ1n) is 6.08. The molecule has 0 aliphatic rings. The molecule has 1 rings (SSSR count). The van der Waals surface area contributed by atoms with Gasteiger partial charge >= 0.3 is 0 Å². The normalized spacial score (nSPS) is 10.8. The molecule has 0 atom stereocenters. The van der Waals surface area contributed by atoms with Gasteiger partial charge in [-0.15, -0.1) is 10.2 Å². The van der Waals surface area contributed by atoms with Crippen LogP contribution in [0.15, 0.2) is 6.07 Å². The lowest BCUT2D eigenvalue weighted by atomic mass is 10.2. The summed E-state index contributed by atoms with van der Waals surface area (Å²) in [5.74, 6) is -0.162. The highest BCUT2D eigenvalue weighted by Gasteiger charge is 2.19. The van der Waals surface area contributed by atoms with E-state index in [4.69, 9.17) is 23.2 Å². The minimum atomic E-state index is -0.162. The molecule has 7 heteroatoms. The molecule has 0 aliphatic heterocycles. The summed E-state index contributed by atoms with van der Waals surface area (Å²) >= 11 is 11.7. The molecule has 1 heterocycles. The Balaban J connectivity index is 2.88. The summed E-state index contributed by atoms with van der Waals surface area (Å²) in [7, 11) is 3.93. The van der Waals surface area contributed by atoms with Crippen molar-refractivity contribution in [1.82, 2.24) is 20.0 Å². The molecular formula is C12H18Cl2N4O. The van der Waals surface area contributed by atoms with Crippen LogP contribution in [0.1, 0.15) is 23.7 Å². The third-order valence-corrected chi connectivity index (χ3v) is 3.01. The van der Waals surface area contributed by atoms with Crippen molar-refractivity contribution in [3.63, 3.8) is 0 Å². The van der Waals surface area contributed by atoms with E-state index in [1.807, 2.05) is 25.9 Å². The lowest BCUT2D eigenvalue weighted by Gasteiger charge is -2.24. The van der Waals surface area contributed by atoms with Gasteiger partial charge in [-0.1, -0.05) is 30.1 Å². The maximum Gasteiger partial charge on any atom is 0.257 e. The maximum atomic E-state index is 12.4. The van der Waals surface area contributed by atoms with E-state index in [1.165, 1.54) is 6.07 Å². The van der Waals surface area contributed by atoms with E-state index >= 15 is 0 Å². The molecule has 0 fully saturated rings. The summed E-state index contributed by atoms with van der Waals surface area (Å²) in [5.41, 5.74) is 0.300. The van der Waals surface area contributed by atoms with Gasteiger partial charge in [-0.2, -0.15) is 0 Å². The van der Waals surface area contributed by atoms with Crippen molar-refractivity contribution in [2.45, 2.75) is 13.3 Å². The van der Waals surface area contributed by atoms with Crippen molar-refractivity contribution in [2.75, 3.05) is 33.7 Å². The van der Waals surface area contributed by atoms with E-state index in [-0.39, 0.29) is 16.2 Å². The predicted molar refractivity (Wildman–Crippen MR) is 76.8 cm³/mol. The minimum Gasteiger partial charge on any atom is -0.337 e. The fourth-order valence-corrected chi connectivity index (χ4v) is 1.90. The predicted octanol–water partition coefficient (Wildman–Crippen LogP) is 2.20. The molecule has 1 aromatic heterocycles. The molecule has 0 saturated carbocycles. The lowest BCUT2D eigenvalue weighted by molar-refractivity contribution is 0.0744. The molecule has 1 aromatic rings. The number of carbonyl (C=O) groups is 1. The molecule has 1 amide bonds. The third-order valence-electron chi connectivity index (χ3n) is 2.55. The van der Waals surface area contributed by atoms with Crippen molar-refractivity contribution in [3.05, 3.63) is 21.9 Å². The molecular weight excluding hydrogens is 287 g/mol. The van der Waals surface area contributed by atoms with Gasteiger partial charge in [0.1, 0.15) is 0 Å². The Morgan fingerprint density at radius 1 is 1.21 bits per heavy atom. The Hall–Kier alpha value is -0.910. The fourth-order valence-electron chi connectivity index (χ4n) is 1.58. The topological polar surface area (TPSA) is 49.3 Å². The number of amides is 1. The molecule has 0 radical (unpaired) electrons. The van der Waals surface area contributed by atoms with E-state index < -0.39 is 0 Å². The van der Waals surface area contributed by atoms with Crippen LogP contribution in [0, 0.1) is 0 Å². The zero-order chi connectivity index (χ0) is 14.4. The molecule has 0 aromatic carbocycles. The number of carbonyl (C=O) groups excluding carboxylic acids is 1. The third kappa shape index (κ3) is 4.93. The highest BCUT2D eigenvalue weighted by atomic mass is 35.5. The Morgan fingerprint density at radius 3 is 2.47 bits per heavy atom. The second kappa shape index (κ2) is 7.62. The van der Waals surface area contributed by atoms with Crippen LogP contribution in [-0.4, -0.2) is 59.6 Å². The first kappa shape index (κ1) is 16.1. The summed E-state index contributed by atoms with van der Waals surface area (Å²) in [6, 6.07) is 1.46. The van der Waals surface area contributed by atoms with Crippen molar-refractivity contribution >= 4 is 29.1 Å². The van der Waals surface area contributed by atoms with Crippen LogP contribution >= 0.6 is 23.2 Å². The van der Waals surface area contributed by atoms with Crippen LogP contribution in [0.3, 0.4) is 0 Å². The number of rotatable bonds is 6. The molecule has 0 bridgehead atoms. The Morgan fingerprint density at radius 2 is 1.89 bits per heavy atom. The summed E-state index contributed by atoms with van der Waals surface area (Å²) in [4.78, 5) is 16.2. The van der Waals surface area contributed by atoms with Gasteiger partial charge in [0.25, 0.3) is 5.91 Å². The Bertz CT molecular complexity index is 440. The van der Waals surface area contributed by atoms with Gasteiger partial charge in [0.05, 0.1) is 5.56 Å². The van der Waals surface area contributed by atoms with Gasteiger partial charge < -0.3 is 9.80 Å². The highest BCUT2D eigenvalue weighted by Crippen LogP contribution is 2.17. The van der Waals surface area contributed by atoms with Gasteiger partial charge in [0.2, 0.25) is 0 Å². The maximum absolute atomic E-state index is 12.4. The number of nitrogens with zero attached hydrogens (tertiary/aromatic N) is 4. The number of hydrogen-bond acceptors (Lipinski definition) is 4. The number of likely N-dealkylation sites (N-methyl/N-ethyl adjacent to an activating group) is 1. The SMILES string of the molecule is CCCN(CCN(C)C)C(=O)c1cc(Cl)nnc1Cl. The van der Waals surface area contributed by atoms with E-state index in [1.54, 1.807) is 4.90 Å². The van der Waals surface area contributed by atoms with Gasteiger partial charge in [-0.05, 0) is 26.6 Å². The Labute approximate surface area is 123 Å². The van der Waals surface area contributed by atoms with Crippen LogP contribution in [-0.2, 0) is 0 Å². The Kier molecular flexibility index (Phi) is 6.48. The van der Waals surface area contributed by atoms with Crippen LogP contribution in [0.4, 0.5) is 0 Å². The first-order valence-corrected chi connectivity index (χ1v) is 6.84. The summed E-state index contributed by atoms with van der Waals surface area (Å²) in [6.07, 6.45) is 0.878. The fraction of sp³-hybridized carbons (Fsp3) is 0.583. The van der Waals surface area contributed by atoms with Crippen LogP contribution in [0.2, 0.25) is 10.3 Å². The van der Waals surface area contributed by atoms with Gasteiger partial charge in [0, 0.05) is 19.6 Å². The quantitative estimate of drug-likeness (QED) is 0.808. The molecule has 0 spiro atoms. The van der Waals surface area contributed by atoms with Gasteiger partial charge in [-0.25, -0.2) is 0 Å². The molecule has 5 nitrogen and oxygen atoms in total. The lowest BCUT2D eigenvalue weighted by Crippen LogP contribution is -2.37. The van der Waals surface area contributed by atoms with Gasteiger partial charge in [0.15, 0.2) is 10.3 Å². The summed E-state index contributed by atoms with van der Waals surface area (Å²) < 4.78 is 0. The minimum absolute atomic E-state index is 0.0837. The molecule has 0 N–H and O–H groups in total.